The van der Waals surface area contributed by atoms with E-state index in [0.717, 1.165) is 11.1 Å². The fourth-order valence-electron chi connectivity index (χ4n) is 2.58. The van der Waals surface area contributed by atoms with E-state index >= 15 is 0 Å². The molecule has 0 fully saturated rings. The molecule has 0 aliphatic carbocycles. The van der Waals surface area contributed by atoms with Gasteiger partial charge < -0.3 is 19.7 Å². The Bertz CT molecular complexity index is 834. The zero-order valence-electron chi connectivity index (χ0n) is 13.7. The maximum atomic E-state index is 12.0. The molecule has 0 spiro atoms. The molecule has 25 heavy (non-hydrogen) atoms. The molecular formula is C20H18O5. The van der Waals surface area contributed by atoms with Crippen molar-refractivity contribution >= 4 is 11.9 Å². The Morgan fingerprint density at radius 3 is 2.60 bits per heavy atom. The Hall–Kier alpha value is -3.21. The molecular weight excluding hydrogens is 320 g/mol. The Kier molecular flexibility index (Phi) is 4.75. The summed E-state index contributed by atoms with van der Waals surface area (Å²) in [5.74, 6) is 1.05. The maximum Gasteiger partial charge on any atom is 0.163 e. The molecule has 1 atom stereocenters. The van der Waals surface area contributed by atoms with Crippen molar-refractivity contribution in [3.05, 3.63) is 71.5 Å². The molecule has 5 heteroatoms. The van der Waals surface area contributed by atoms with E-state index in [1.807, 2.05) is 0 Å². The van der Waals surface area contributed by atoms with Crippen LogP contribution in [0.3, 0.4) is 0 Å². The SMILES string of the molecule is COc1cc(C=CC2=CC(=O)C[C@H](c3ccc(O)cc3)O2)ccc1O. The van der Waals surface area contributed by atoms with Crippen LogP contribution in [0.2, 0.25) is 0 Å². The molecule has 1 aliphatic heterocycles. The minimum Gasteiger partial charge on any atom is -0.508 e. The van der Waals surface area contributed by atoms with E-state index in [9.17, 15) is 15.0 Å². The highest BCUT2D eigenvalue weighted by Gasteiger charge is 2.22. The van der Waals surface area contributed by atoms with Crippen molar-refractivity contribution in [1.82, 2.24) is 0 Å². The number of hydrogen-bond donors (Lipinski definition) is 2. The largest absolute Gasteiger partial charge is 0.508 e. The molecule has 5 nitrogen and oxygen atoms in total. The molecule has 0 radical (unpaired) electrons. The smallest absolute Gasteiger partial charge is 0.163 e. The monoisotopic (exact) mass is 338 g/mol. The first-order valence-corrected chi connectivity index (χ1v) is 7.80. The lowest BCUT2D eigenvalue weighted by molar-refractivity contribution is -0.118. The zero-order valence-corrected chi connectivity index (χ0v) is 13.7. The summed E-state index contributed by atoms with van der Waals surface area (Å²) >= 11 is 0. The molecule has 0 aromatic heterocycles. The van der Waals surface area contributed by atoms with Gasteiger partial charge in [-0.1, -0.05) is 24.3 Å². The van der Waals surface area contributed by atoms with Gasteiger partial charge in [0.25, 0.3) is 0 Å². The Labute approximate surface area is 145 Å². The van der Waals surface area contributed by atoms with E-state index in [2.05, 4.69) is 0 Å². The van der Waals surface area contributed by atoms with Gasteiger partial charge in [-0.2, -0.15) is 0 Å². The number of ether oxygens (including phenoxy) is 2. The normalized spacial score (nSPS) is 17.2. The van der Waals surface area contributed by atoms with Crippen LogP contribution < -0.4 is 4.74 Å². The molecule has 0 amide bonds. The number of phenols is 2. The fourth-order valence-corrected chi connectivity index (χ4v) is 2.58. The van der Waals surface area contributed by atoms with Crippen molar-refractivity contribution in [2.24, 2.45) is 0 Å². The van der Waals surface area contributed by atoms with Gasteiger partial charge in [0.2, 0.25) is 0 Å². The predicted molar refractivity (Wildman–Crippen MR) is 93.3 cm³/mol. The van der Waals surface area contributed by atoms with Crippen LogP contribution in [-0.4, -0.2) is 23.1 Å². The number of hydrogen-bond acceptors (Lipinski definition) is 5. The second-order valence-corrected chi connectivity index (χ2v) is 5.68. The number of ketones is 1. The van der Waals surface area contributed by atoms with Gasteiger partial charge in [0.1, 0.15) is 17.6 Å². The fraction of sp³-hybridized carbons (Fsp3) is 0.150. The number of carbonyl (C=O) groups is 1. The summed E-state index contributed by atoms with van der Waals surface area (Å²) in [6.45, 7) is 0. The van der Waals surface area contributed by atoms with Crippen LogP contribution in [0.5, 0.6) is 17.2 Å². The van der Waals surface area contributed by atoms with Crippen LogP contribution >= 0.6 is 0 Å². The summed E-state index contributed by atoms with van der Waals surface area (Å²) < 4.78 is 11.0. The summed E-state index contributed by atoms with van der Waals surface area (Å²) in [5, 5.41) is 19.0. The number of methoxy groups -OCH3 is 1. The summed E-state index contributed by atoms with van der Waals surface area (Å²) in [7, 11) is 1.48. The molecule has 3 rings (SSSR count). The van der Waals surface area contributed by atoms with Crippen LogP contribution in [0.25, 0.3) is 6.08 Å². The van der Waals surface area contributed by atoms with Gasteiger partial charge in [0, 0.05) is 6.08 Å². The summed E-state index contributed by atoms with van der Waals surface area (Å²) in [4.78, 5) is 12.0. The molecule has 128 valence electrons. The lowest BCUT2D eigenvalue weighted by atomic mass is 10.0. The summed E-state index contributed by atoms with van der Waals surface area (Å²) in [6, 6.07) is 11.6. The topological polar surface area (TPSA) is 76.0 Å². The average Bonchev–Trinajstić information content (AvgIpc) is 2.61. The third-order valence-corrected chi connectivity index (χ3v) is 3.88. The lowest BCUT2D eigenvalue weighted by Crippen LogP contribution is -2.14. The van der Waals surface area contributed by atoms with Gasteiger partial charge in [-0.05, 0) is 41.5 Å². The van der Waals surface area contributed by atoms with Crippen molar-refractivity contribution in [3.63, 3.8) is 0 Å². The van der Waals surface area contributed by atoms with Crippen LogP contribution in [0, 0.1) is 0 Å². The third kappa shape index (κ3) is 4.01. The molecule has 0 bridgehead atoms. The zero-order chi connectivity index (χ0) is 17.8. The van der Waals surface area contributed by atoms with Gasteiger partial charge in [0.05, 0.1) is 13.5 Å². The van der Waals surface area contributed by atoms with Crippen molar-refractivity contribution in [2.75, 3.05) is 7.11 Å². The van der Waals surface area contributed by atoms with E-state index in [4.69, 9.17) is 9.47 Å². The second-order valence-electron chi connectivity index (χ2n) is 5.68. The van der Waals surface area contributed by atoms with Crippen molar-refractivity contribution in [1.29, 1.82) is 0 Å². The van der Waals surface area contributed by atoms with Crippen LogP contribution in [0.4, 0.5) is 0 Å². The summed E-state index contributed by atoms with van der Waals surface area (Å²) in [5.41, 5.74) is 1.63. The van der Waals surface area contributed by atoms with Crippen molar-refractivity contribution in [2.45, 2.75) is 12.5 Å². The highest BCUT2D eigenvalue weighted by molar-refractivity contribution is 5.91. The Balaban J connectivity index is 1.77. The van der Waals surface area contributed by atoms with E-state index in [-0.39, 0.29) is 29.8 Å². The first-order valence-electron chi connectivity index (χ1n) is 7.80. The van der Waals surface area contributed by atoms with Crippen LogP contribution in [-0.2, 0) is 9.53 Å². The van der Waals surface area contributed by atoms with E-state index in [1.54, 1.807) is 54.6 Å². The van der Waals surface area contributed by atoms with Crippen LogP contribution in [0.1, 0.15) is 23.7 Å². The van der Waals surface area contributed by atoms with Gasteiger partial charge in [-0.25, -0.2) is 0 Å². The number of benzene rings is 2. The number of carbonyl (C=O) groups excluding carboxylic acids is 1. The van der Waals surface area contributed by atoms with Gasteiger partial charge in [0.15, 0.2) is 17.3 Å². The van der Waals surface area contributed by atoms with Gasteiger partial charge >= 0.3 is 0 Å². The quantitative estimate of drug-likeness (QED) is 0.888. The van der Waals surface area contributed by atoms with E-state index in [0.29, 0.717) is 11.5 Å². The highest BCUT2D eigenvalue weighted by Crippen LogP contribution is 2.31. The van der Waals surface area contributed by atoms with Crippen LogP contribution in [0.15, 0.2) is 60.4 Å². The minimum absolute atomic E-state index is 0.0211. The van der Waals surface area contributed by atoms with Gasteiger partial charge in [-0.3, -0.25) is 4.79 Å². The third-order valence-electron chi connectivity index (χ3n) is 3.88. The average molecular weight is 338 g/mol. The molecule has 1 heterocycles. The van der Waals surface area contributed by atoms with Crippen molar-refractivity contribution in [3.8, 4) is 17.2 Å². The molecule has 0 unspecified atom stereocenters. The Morgan fingerprint density at radius 1 is 1.12 bits per heavy atom. The number of allylic oxidation sites excluding steroid dienone is 2. The molecule has 1 aliphatic rings. The van der Waals surface area contributed by atoms with E-state index in [1.165, 1.54) is 13.2 Å². The molecule has 2 N–H and O–H groups in total. The first kappa shape index (κ1) is 16.6. The Morgan fingerprint density at radius 2 is 1.88 bits per heavy atom. The second kappa shape index (κ2) is 7.13. The number of rotatable bonds is 4. The first-order chi connectivity index (χ1) is 12.0. The standard InChI is InChI=1S/C20H18O5/c1-24-20-10-13(3-9-18(20)23)2-8-17-11-16(22)12-19(25-17)14-4-6-15(21)7-5-14/h2-11,19,21,23H,12H2,1H3/t19-/m1/s1. The maximum absolute atomic E-state index is 12.0. The van der Waals surface area contributed by atoms with Gasteiger partial charge in [-0.15, -0.1) is 0 Å². The number of phenolic OH excluding ortho intramolecular Hbond substituents is 2. The summed E-state index contributed by atoms with van der Waals surface area (Å²) in [6.07, 6.45) is 4.82. The number of aromatic hydroxyl groups is 2. The molecule has 2 aromatic carbocycles. The lowest BCUT2D eigenvalue weighted by Gasteiger charge is -2.23. The minimum atomic E-state index is -0.382. The van der Waals surface area contributed by atoms with Crippen molar-refractivity contribution < 1.29 is 24.5 Å². The van der Waals surface area contributed by atoms with E-state index < -0.39 is 0 Å². The highest BCUT2D eigenvalue weighted by atomic mass is 16.5. The molecule has 0 saturated carbocycles. The molecule has 0 saturated heterocycles. The molecule has 2 aromatic rings. The predicted octanol–water partition coefficient (Wildman–Crippen LogP) is 3.73.